The van der Waals surface area contributed by atoms with E-state index in [1.165, 1.54) is 6.07 Å². The first-order valence-electron chi connectivity index (χ1n) is 5.98. The molecule has 0 radical (unpaired) electrons. The van der Waals surface area contributed by atoms with Crippen LogP contribution in [0.2, 0.25) is 0 Å². The van der Waals surface area contributed by atoms with Gasteiger partial charge in [0.25, 0.3) is 5.91 Å². The lowest BCUT2D eigenvalue weighted by Gasteiger charge is -2.18. The molecule has 0 aliphatic rings. The Morgan fingerprint density at radius 1 is 1.33 bits per heavy atom. The number of aromatic nitrogens is 1. The molecule has 0 aliphatic heterocycles. The van der Waals surface area contributed by atoms with Gasteiger partial charge in [-0.15, -0.1) is 0 Å². The van der Waals surface area contributed by atoms with Crippen molar-refractivity contribution < 1.29 is 9.72 Å². The van der Waals surface area contributed by atoms with Crippen LogP contribution in [0.4, 0.5) is 5.82 Å². The van der Waals surface area contributed by atoms with Crippen LogP contribution in [0.3, 0.4) is 0 Å². The SMILES string of the molecule is CCc1cc(C(=O)N(CC)CC)cc([N+](=O)[O-])n1. The topological polar surface area (TPSA) is 76.3 Å². The third-order valence-electron chi connectivity index (χ3n) is 2.71. The first kappa shape index (κ1) is 14.1. The first-order valence-corrected chi connectivity index (χ1v) is 5.98. The maximum atomic E-state index is 12.1. The number of hydrogen-bond donors (Lipinski definition) is 0. The van der Waals surface area contributed by atoms with Gasteiger partial charge in [-0.2, -0.15) is 0 Å². The highest BCUT2D eigenvalue weighted by molar-refractivity contribution is 5.94. The van der Waals surface area contributed by atoms with E-state index in [1.54, 1.807) is 11.0 Å². The van der Waals surface area contributed by atoms with Gasteiger partial charge >= 0.3 is 5.82 Å². The zero-order valence-electron chi connectivity index (χ0n) is 10.8. The quantitative estimate of drug-likeness (QED) is 0.592. The Kier molecular flexibility index (Phi) is 4.76. The summed E-state index contributed by atoms with van der Waals surface area (Å²) in [7, 11) is 0. The van der Waals surface area contributed by atoms with Crippen LogP contribution in [0, 0.1) is 10.1 Å². The summed E-state index contributed by atoms with van der Waals surface area (Å²) in [5, 5.41) is 10.8. The molecule has 1 aromatic heterocycles. The summed E-state index contributed by atoms with van der Waals surface area (Å²) < 4.78 is 0. The minimum Gasteiger partial charge on any atom is -0.358 e. The lowest BCUT2D eigenvalue weighted by molar-refractivity contribution is -0.389. The predicted molar refractivity (Wildman–Crippen MR) is 67.5 cm³/mol. The summed E-state index contributed by atoms with van der Waals surface area (Å²) in [6.07, 6.45) is 0.556. The number of pyridine rings is 1. The Labute approximate surface area is 106 Å². The van der Waals surface area contributed by atoms with Crippen molar-refractivity contribution in [2.45, 2.75) is 27.2 Å². The van der Waals surface area contributed by atoms with Gasteiger partial charge in [0, 0.05) is 25.6 Å². The molecule has 0 unspecified atom stereocenters. The second-order valence-electron chi connectivity index (χ2n) is 3.79. The summed E-state index contributed by atoms with van der Waals surface area (Å²) >= 11 is 0. The molecule has 1 rings (SSSR count). The largest absolute Gasteiger partial charge is 0.364 e. The fraction of sp³-hybridized carbons (Fsp3) is 0.500. The molecule has 1 heterocycles. The van der Waals surface area contributed by atoms with Crippen LogP contribution in [-0.4, -0.2) is 33.8 Å². The number of rotatable bonds is 5. The summed E-state index contributed by atoms with van der Waals surface area (Å²) in [5.41, 5.74) is 0.886. The molecule has 0 bridgehead atoms. The lowest BCUT2D eigenvalue weighted by Crippen LogP contribution is -2.30. The number of carbonyl (C=O) groups excluding carboxylic acids is 1. The van der Waals surface area contributed by atoms with Crippen molar-refractivity contribution in [2.24, 2.45) is 0 Å². The summed E-state index contributed by atoms with van der Waals surface area (Å²) in [4.78, 5) is 27.8. The fourth-order valence-corrected chi connectivity index (χ4v) is 1.66. The van der Waals surface area contributed by atoms with Gasteiger partial charge in [0.2, 0.25) is 0 Å². The van der Waals surface area contributed by atoms with Gasteiger partial charge in [-0.1, -0.05) is 6.92 Å². The highest BCUT2D eigenvalue weighted by atomic mass is 16.6. The highest BCUT2D eigenvalue weighted by Gasteiger charge is 2.19. The van der Waals surface area contributed by atoms with E-state index in [9.17, 15) is 14.9 Å². The van der Waals surface area contributed by atoms with Crippen LogP contribution in [0.1, 0.15) is 36.8 Å². The van der Waals surface area contributed by atoms with Crippen molar-refractivity contribution in [2.75, 3.05) is 13.1 Å². The molecule has 6 nitrogen and oxygen atoms in total. The van der Waals surface area contributed by atoms with Crippen LogP contribution in [0.5, 0.6) is 0 Å². The van der Waals surface area contributed by atoms with E-state index < -0.39 is 4.92 Å². The van der Waals surface area contributed by atoms with E-state index >= 15 is 0 Å². The van der Waals surface area contributed by atoms with Crippen LogP contribution in [0.25, 0.3) is 0 Å². The number of carbonyl (C=O) groups is 1. The summed E-state index contributed by atoms with van der Waals surface area (Å²) in [6, 6.07) is 2.85. The Morgan fingerprint density at radius 2 is 1.94 bits per heavy atom. The van der Waals surface area contributed by atoms with Crippen molar-refractivity contribution in [1.82, 2.24) is 9.88 Å². The Morgan fingerprint density at radius 3 is 2.39 bits per heavy atom. The molecule has 0 saturated carbocycles. The van der Waals surface area contributed by atoms with E-state index in [0.29, 0.717) is 30.8 Å². The van der Waals surface area contributed by atoms with Crippen LogP contribution in [-0.2, 0) is 6.42 Å². The molecule has 1 aromatic rings. The number of hydrogen-bond acceptors (Lipinski definition) is 4. The monoisotopic (exact) mass is 251 g/mol. The maximum absolute atomic E-state index is 12.1. The molecular weight excluding hydrogens is 234 g/mol. The Balaban J connectivity index is 3.19. The van der Waals surface area contributed by atoms with E-state index in [1.807, 2.05) is 20.8 Å². The minimum absolute atomic E-state index is 0.194. The highest BCUT2D eigenvalue weighted by Crippen LogP contribution is 2.15. The van der Waals surface area contributed by atoms with E-state index in [-0.39, 0.29) is 11.7 Å². The molecule has 98 valence electrons. The molecule has 0 saturated heterocycles. The van der Waals surface area contributed by atoms with Crippen molar-refractivity contribution in [1.29, 1.82) is 0 Å². The smallest absolute Gasteiger partial charge is 0.358 e. The van der Waals surface area contributed by atoms with Gasteiger partial charge in [0.15, 0.2) is 5.69 Å². The molecule has 0 N–H and O–H groups in total. The average molecular weight is 251 g/mol. The van der Waals surface area contributed by atoms with Crippen molar-refractivity contribution in [3.63, 3.8) is 0 Å². The second-order valence-corrected chi connectivity index (χ2v) is 3.79. The number of nitrogens with zero attached hydrogens (tertiary/aromatic N) is 3. The molecule has 0 spiro atoms. The molecule has 1 amide bonds. The molecule has 0 aliphatic carbocycles. The van der Waals surface area contributed by atoms with E-state index in [0.717, 1.165) is 0 Å². The van der Waals surface area contributed by atoms with Crippen molar-refractivity contribution in [3.8, 4) is 0 Å². The molecule has 0 aromatic carbocycles. The zero-order chi connectivity index (χ0) is 13.7. The van der Waals surface area contributed by atoms with Gasteiger partial charge in [-0.25, -0.2) is 0 Å². The standard InChI is InChI=1S/C12H17N3O3/c1-4-10-7-9(8-11(13-10)15(17)18)12(16)14(5-2)6-3/h7-8H,4-6H2,1-3H3. The van der Waals surface area contributed by atoms with Gasteiger partial charge < -0.3 is 15.0 Å². The second kappa shape index (κ2) is 6.09. The van der Waals surface area contributed by atoms with E-state index in [2.05, 4.69) is 4.98 Å². The molecule has 18 heavy (non-hydrogen) atoms. The molecular formula is C12H17N3O3. The molecule has 0 fully saturated rings. The Hall–Kier alpha value is -1.98. The van der Waals surface area contributed by atoms with Crippen molar-refractivity contribution >= 4 is 11.7 Å². The van der Waals surface area contributed by atoms with Crippen molar-refractivity contribution in [3.05, 3.63) is 33.5 Å². The summed E-state index contributed by atoms with van der Waals surface area (Å²) in [6.45, 7) is 6.74. The lowest BCUT2D eigenvalue weighted by atomic mass is 10.1. The van der Waals surface area contributed by atoms with Gasteiger partial charge in [0.1, 0.15) is 0 Å². The molecule has 6 heteroatoms. The van der Waals surface area contributed by atoms with Gasteiger partial charge in [-0.05, 0) is 29.8 Å². The van der Waals surface area contributed by atoms with E-state index in [4.69, 9.17) is 0 Å². The predicted octanol–water partition coefficient (Wildman–Crippen LogP) is 2.03. The normalized spacial score (nSPS) is 10.2. The minimum atomic E-state index is -0.571. The maximum Gasteiger partial charge on any atom is 0.364 e. The Bertz CT molecular complexity index is 456. The first-order chi connectivity index (χ1) is 8.53. The fourth-order valence-electron chi connectivity index (χ4n) is 1.66. The van der Waals surface area contributed by atoms with Gasteiger partial charge in [0.05, 0.1) is 5.56 Å². The third kappa shape index (κ3) is 3.03. The third-order valence-corrected chi connectivity index (χ3v) is 2.71. The number of amides is 1. The van der Waals surface area contributed by atoms with Crippen LogP contribution < -0.4 is 0 Å². The summed E-state index contributed by atoms with van der Waals surface area (Å²) in [5.74, 6) is -0.468. The number of aryl methyl sites for hydroxylation is 1. The zero-order valence-corrected chi connectivity index (χ0v) is 10.8. The number of nitro groups is 1. The van der Waals surface area contributed by atoms with Gasteiger partial charge in [-0.3, -0.25) is 4.79 Å². The van der Waals surface area contributed by atoms with Crippen LogP contribution in [0.15, 0.2) is 12.1 Å². The van der Waals surface area contributed by atoms with Crippen LogP contribution >= 0.6 is 0 Å². The average Bonchev–Trinajstić information content (AvgIpc) is 2.39. The molecule has 0 atom stereocenters.